The topological polar surface area (TPSA) is 61.4 Å². The van der Waals surface area contributed by atoms with E-state index in [0.717, 1.165) is 37.7 Å². The molecule has 1 aliphatic heterocycles. The largest absolute Gasteiger partial charge is 0.349 e. The molecule has 5 heteroatoms. The van der Waals surface area contributed by atoms with Crippen molar-refractivity contribution >= 4 is 11.9 Å². The Morgan fingerprint density at radius 1 is 1.12 bits per heavy atom. The number of rotatable bonds is 5. The fourth-order valence-electron chi connectivity index (χ4n) is 3.29. The van der Waals surface area contributed by atoms with Crippen LogP contribution in [-0.4, -0.2) is 36.0 Å². The van der Waals surface area contributed by atoms with Crippen LogP contribution < -0.4 is 10.6 Å². The van der Waals surface area contributed by atoms with Crippen LogP contribution in [0, 0.1) is 5.92 Å². The molecule has 2 aliphatic rings. The lowest BCUT2D eigenvalue weighted by molar-refractivity contribution is -0.126. The van der Waals surface area contributed by atoms with Crippen molar-refractivity contribution in [3.63, 3.8) is 0 Å². The van der Waals surface area contributed by atoms with E-state index in [4.69, 9.17) is 0 Å². The van der Waals surface area contributed by atoms with Gasteiger partial charge < -0.3 is 15.5 Å². The van der Waals surface area contributed by atoms with Crippen LogP contribution in [0.25, 0.3) is 0 Å². The number of nitrogens with one attached hydrogen (secondary N) is 2. The highest BCUT2D eigenvalue weighted by Gasteiger charge is 2.30. The van der Waals surface area contributed by atoms with Gasteiger partial charge in [-0.2, -0.15) is 0 Å². The van der Waals surface area contributed by atoms with Crippen LogP contribution in [0.15, 0.2) is 24.3 Å². The normalized spacial score (nSPS) is 19.4. The van der Waals surface area contributed by atoms with E-state index in [0.29, 0.717) is 19.1 Å². The van der Waals surface area contributed by atoms with Crippen molar-refractivity contribution in [1.82, 2.24) is 15.5 Å². The summed E-state index contributed by atoms with van der Waals surface area (Å²) in [6.45, 7) is 5.49. The summed E-state index contributed by atoms with van der Waals surface area (Å²) in [5.74, 6) is 0.108. The molecule has 5 nitrogen and oxygen atoms in total. The molecule has 136 valence electrons. The third-order valence-corrected chi connectivity index (χ3v) is 5.30. The zero-order valence-corrected chi connectivity index (χ0v) is 15.3. The van der Waals surface area contributed by atoms with E-state index in [1.54, 1.807) is 0 Å². The molecular weight excluding hydrogens is 314 g/mol. The molecule has 1 aliphatic carbocycles. The number of nitrogens with zero attached hydrogens (tertiary/aromatic N) is 1. The van der Waals surface area contributed by atoms with Crippen LogP contribution in [-0.2, 0) is 11.2 Å². The second kappa shape index (κ2) is 7.89. The minimum atomic E-state index is 0.00217. The van der Waals surface area contributed by atoms with Crippen molar-refractivity contribution in [2.24, 2.45) is 5.92 Å². The Morgan fingerprint density at radius 2 is 1.76 bits per heavy atom. The molecule has 3 amide bonds. The van der Waals surface area contributed by atoms with Crippen LogP contribution in [0.4, 0.5) is 4.79 Å². The first-order chi connectivity index (χ1) is 12.1. The van der Waals surface area contributed by atoms with Crippen molar-refractivity contribution in [1.29, 1.82) is 0 Å². The molecule has 1 saturated heterocycles. The second-order valence-corrected chi connectivity index (χ2v) is 7.31. The van der Waals surface area contributed by atoms with Crippen molar-refractivity contribution in [3.05, 3.63) is 35.4 Å². The zero-order chi connectivity index (χ0) is 17.8. The molecule has 0 unspecified atom stereocenters. The molecule has 0 aromatic heterocycles. The summed E-state index contributed by atoms with van der Waals surface area (Å²) >= 11 is 0. The summed E-state index contributed by atoms with van der Waals surface area (Å²) in [6.07, 6.45) is 4.70. The van der Waals surface area contributed by atoms with Crippen molar-refractivity contribution in [3.8, 4) is 0 Å². The molecule has 1 heterocycles. The van der Waals surface area contributed by atoms with E-state index in [-0.39, 0.29) is 23.9 Å². The van der Waals surface area contributed by atoms with Gasteiger partial charge >= 0.3 is 6.03 Å². The monoisotopic (exact) mass is 343 g/mol. The summed E-state index contributed by atoms with van der Waals surface area (Å²) in [5.41, 5.74) is 2.44. The van der Waals surface area contributed by atoms with Gasteiger partial charge in [-0.1, -0.05) is 31.2 Å². The molecule has 1 aromatic rings. The minimum Gasteiger partial charge on any atom is -0.349 e. The first-order valence-corrected chi connectivity index (χ1v) is 9.51. The number of likely N-dealkylation sites (tertiary alicyclic amines) is 1. The van der Waals surface area contributed by atoms with Crippen LogP contribution in [0.2, 0.25) is 0 Å². The molecule has 1 saturated carbocycles. The summed E-state index contributed by atoms with van der Waals surface area (Å²) in [7, 11) is 0. The van der Waals surface area contributed by atoms with E-state index >= 15 is 0 Å². The van der Waals surface area contributed by atoms with E-state index in [1.165, 1.54) is 5.56 Å². The van der Waals surface area contributed by atoms with Gasteiger partial charge in [-0.15, -0.1) is 0 Å². The second-order valence-electron chi connectivity index (χ2n) is 7.31. The number of aryl methyl sites for hydroxylation is 1. The highest BCUT2D eigenvalue weighted by Crippen LogP contribution is 2.22. The number of urea groups is 1. The maximum absolute atomic E-state index is 12.5. The van der Waals surface area contributed by atoms with E-state index in [9.17, 15) is 9.59 Å². The molecule has 2 fully saturated rings. The number of piperidine rings is 1. The molecule has 1 aromatic carbocycles. The summed E-state index contributed by atoms with van der Waals surface area (Å²) < 4.78 is 0. The van der Waals surface area contributed by atoms with Gasteiger partial charge in [0.1, 0.15) is 0 Å². The van der Waals surface area contributed by atoms with Gasteiger partial charge in [-0.05, 0) is 50.2 Å². The lowest BCUT2D eigenvalue weighted by Gasteiger charge is -2.32. The Bertz CT molecular complexity index is 602. The number of hydrogen-bond donors (Lipinski definition) is 2. The Labute approximate surface area is 150 Å². The Morgan fingerprint density at radius 3 is 2.32 bits per heavy atom. The molecule has 25 heavy (non-hydrogen) atoms. The molecular formula is C20H29N3O2. The standard InChI is InChI=1S/C20H29N3O2/c1-3-15-4-6-16(7-5-15)14(2)21-19(24)17-10-12-23(13-11-17)20(25)22-18-8-9-18/h4-7,14,17-18H,3,8-13H2,1-2H3,(H,21,24)(H,22,25)/t14-/m1/s1. The smallest absolute Gasteiger partial charge is 0.317 e. The van der Waals surface area contributed by atoms with Crippen LogP contribution in [0.1, 0.15) is 56.7 Å². The van der Waals surface area contributed by atoms with E-state index in [1.807, 2.05) is 11.8 Å². The SMILES string of the molecule is CCc1ccc([C@@H](C)NC(=O)C2CCN(C(=O)NC3CC3)CC2)cc1. The number of carbonyl (C=O) groups is 2. The fourth-order valence-corrected chi connectivity index (χ4v) is 3.29. The van der Waals surface area contributed by atoms with Gasteiger partial charge in [0.15, 0.2) is 0 Å². The fraction of sp³-hybridized carbons (Fsp3) is 0.600. The number of hydrogen-bond acceptors (Lipinski definition) is 2. The van der Waals surface area contributed by atoms with Crippen molar-refractivity contribution in [2.45, 2.75) is 58.0 Å². The van der Waals surface area contributed by atoms with Crippen LogP contribution >= 0.6 is 0 Å². The highest BCUT2D eigenvalue weighted by atomic mass is 16.2. The molecule has 1 atom stereocenters. The van der Waals surface area contributed by atoms with Crippen molar-refractivity contribution < 1.29 is 9.59 Å². The Balaban J connectivity index is 1.45. The van der Waals surface area contributed by atoms with Gasteiger partial charge in [0, 0.05) is 25.0 Å². The first-order valence-electron chi connectivity index (χ1n) is 9.51. The van der Waals surface area contributed by atoms with Crippen molar-refractivity contribution in [2.75, 3.05) is 13.1 Å². The quantitative estimate of drug-likeness (QED) is 0.863. The number of carbonyl (C=O) groups excluding carboxylic acids is 2. The molecule has 2 N–H and O–H groups in total. The molecule has 0 spiro atoms. The lowest BCUT2D eigenvalue weighted by Crippen LogP contribution is -2.47. The van der Waals surface area contributed by atoms with Gasteiger partial charge in [-0.25, -0.2) is 4.79 Å². The van der Waals surface area contributed by atoms with Crippen LogP contribution in [0.5, 0.6) is 0 Å². The van der Waals surface area contributed by atoms with Gasteiger partial charge in [0.2, 0.25) is 5.91 Å². The Kier molecular flexibility index (Phi) is 5.61. The molecule has 3 rings (SSSR count). The average Bonchev–Trinajstić information content (AvgIpc) is 3.45. The minimum absolute atomic E-state index is 0.00217. The summed E-state index contributed by atoms with van der Waals surface area (Å²) in [6, 6.07) is 8.85. The van der Waals surface area contributed by atoms with E-state index < -0.39 is 0 Å². The third-order valence-electron chi connectivity index (χ3n) is 5.30. The number of amides is 3. The van der Waals surface area contributed by atoms with Crippen LogP contribution in [0.3, 0.4) is 0 Å². The van der Waals surface area contributed by atoms with Gasteiger partial charge in [0.05, 0.1) is 6.04 Å². The maximum Gasteiger partial charge on any atom is 0.317 e. The predicted octanol–water partition coefficient (Wildman–Crippen LogP) is 3.01. The highest BCUT2D eigenvalue weighted by molar-refractivity contribution is 5.80. The van der Waals surface area contributed by atoms with E-state index in [2.05, 4.69) is 41.8 Å². The molecule has 0 radical (unpaired) electrons. The predicted molar refractivity (Wildman–Crippen MR) is 98.2 cm³/mol. The summed E-state index contributed by atoms with van der Waals surface area (Å²) in [4.78, 5) is 26.4. The average molecular weight is 343 g/mol. The number of benzene rings is 1. The maximum atomic E-state index is 12.5. The van der Waals surface area contributed by atoms with Gasteiger partial charge in [0.25, 0.3) is 0 Å². The zero-order valence-electron chi connectivity index (χ0n) is 15.3. The summed E-state index contributed by atoms with van der Waals surface area (Å²) in [5, 5.41) is 6.15. The third kappa shape index (κ3) is 4.74. The first kappa shape index (κ1) is 17.8. The molecule has 0 bridgehead atoms. The lowest BCUT2D eigenvalue weighted by atomic mass is 9.95. The van der Waals surface area contributed by atoms with Gasteiger partial charge in [-0.3, -0.25) is 4.79 Å². The Hall–Kier alpha value is -2.04.